The van der Waals surface area contributed by atoms with E-state index in [0.717, 1.165) is 16.8 Å². The maximum atomic E-state index is 6.01. The molecule has 2 heterocycles. The Morgan fingerprint density at radius 2 is 2.39 bits per heavy atom. The smallest absolute Gasteiger partial charge is 0.0931 e. The quantitative estimate of drug-likeness (QED) is 0.902. The molecule has 5 heteroatoms. The fourth-order valence-electron chi connectivity index (χ4n) is 2.73. The Morgan fingerprint density at radius 3 is 2.89 bits per heavy atom. The van der Waals surface area contributed by atoms with Gasteiger partial charge in [0.05, 0.1) is 10.4 Å². The highest BCUT2D eigenvalue weighted by molar-refractivity contribution is 7.16. The normalized spacial score (nSPS) is 22.8. The van der Waals surface area contributed by atoms with E-state index in [2.05, 4.69) is 30.0 Å². The zero-order valence-electron chi connectivity index (χ0n) is 11.1. The van der Waals surface area contributed by atoms with E-state index in [9.17, 15) is 0 Å². The molecule has 0 amide bonds. The molecule has 0 aliphatic carbocycles. The molecule has 2 atom stereocenters. The van der Waals surface area contributed by atoms with Crippen LogP contribution in [-0.4, -0.2) is 50.1 Å². The summed E-state index contributed by atoms with van der Waals surface area (Å²) < 4.78 is 0.845. The van der Waals surface area contributed by atoms with Crippen molar-refractivity contribution in [1.29, 1.82) is 0 Å². The standard InChI is InChI=1S/C13H22ClN3S/c1-16-6-5-10(8-16)9-17(2)11(7-15)12-3-4-13(14)18-12/h3-4,10-11H,5-9,15H2,1-2H3. The minimum Gasteiger partial charge on any atom is -0.329 e. The van der Waals surface area contributed by atoms with Crippen LogP contribution in [0.5, 0.6) is 0 Å². The third-order valence-electron chi connectivity index (χ3n) is 3.71. The summed E-state index contributed by atoms with van der Waals surface area (Å²) in [5.74, 6) is 0.768. The van der Waals surface area contributed by atoms with Gasteiger partial charge in [-0.25, -0.2) is 0 Å². The van der Waals surface area contributed by atoms with Gasteiger partial charge < -0.3 is 10.6 Å². The highest BCUT2D eigenvalue weighted by Crippen LogP contribution is 2.30. The number of rotatable bonds is 5. The number of hydrogen-bond acceptors (Lipinski definition) is 4. The molecular formula is C13H22ClN3S. The average molecular weight is 288 g/mol. The highest BCUT2D eigenvalue weighted by Gasteiger charge is 2.24. The third-order valence-corrected chi connectivity index (χ3v) is 5.05. The van der Waals surface area contributed by atoms with Crippen LogP contribution in [0.3, 0.4) is 0 Å². The SMILES string of the molecule is CN1CCC(CN(C)C(CN)c2ccc(Cl)s2)C1. The Balaban J connectivity index is 1.95. The molecule has 0 bridgehead atoms. The monoisotopic (exact) mass is 287 g/mol. The zero-order valence-corrected chi connectivity index (χ0v) is 12.7. The number of likely N-dealkylation sites (N-methyl/N-ethyl adjacent to an activating group) is 1. The summed E-state index contributed by atoms with van der Waals surface area (Å²) in [4.78, 5) is 6.06. The van der Waals surface area contributed by atoms with Crippen molar-refractivity contribution in [1.82, 2.24) is 9.80 Å². The molecular weight excluding hydrogens is 266 g/mol. The first-order valence-electron chi connectivity index (χ1n) is 6.44. The van der Waals surface area contributed by atoms with E-state index in [1.807, 2.05) is 6.07 Å². The number of halogens is 1. The maximum Gasteiger partial charge on any atom is 0.0931 e. The Kier molecular flexibility index (Phi) is 5.04. The molecule has 1 aromatic rings. The van der Waals surface area contributed by atoms with Gasteiger partial charge in [-0.15, -0.1) is 11.3 Å². The van der Waals surface area contributed by atoms with Crippen LogP contribution >= 0.6 is 22.9 Å². The van der Waals surface area contributed by atoms with Gasteiger partial charge in [-0.1, -0.05) is 11.6 Å². The lowest BCUT2D eigenvalue weighted by Crippen LogP contribution is -2.34. The van der Waals surface area contributed by atoms with Crippen LogP contribution in [0.25, 0.3) is 0 Å². The summed E-state index contributed by atoms with van der Waals surface area (Å²) in [6, 6.07) is 4.36. The van der Waals surface area contributed by atoms with Crippen LogP contribution in [0.4, 0.5) is 0 Å². The molecule has 102 valence electrons. The molecule has 1 fully saturated rings. The van der Waals surface area contributed by atoms with Crippen molar-refractivity contribution in [2.24, 2.45) is 11.7 Å². The van der Waals surface area contributed by atoms with E-state index in [0.29, 0.717) is 12.6 Å². The van der Waals surface area contributed by atoms with E-state index < -0.39 is 0 Å². The van der Waals surface area contributed by atoms with E-state index in [-0.39, 0.29) is 0 Å². The van der Waals surface area contributed by atoms with Crippen LogP contribution < -0.4 is 5.73 Å². The van der Waals surface area contributed by atoms with Crippen LogP contribution in [0.15, 0.2) is 12.1 Å². The van der Waals surface area contributed by atoms with Crippen LogP contribution in [-0.2, 0) is 0 Å². The summed E-state index contributed by atoms with van der Waals surface area (Å²) in [5, 5.41) is 0. The first-order chi connectivity index (χ1) is 8.60. The van der Waals surface area contributed by atoms with Gasteiger partial charge in [-0.2, -0.15) is 0 Å². The lowest BCUT2D eigenvalue weighted by molar-refractivity contribution is 0.214. The van der Waals surface area contributed by atoms with Gasteiger partial charge in [-0.3, -0.25) is 4.90 Å². The molecule has 3 nitrogen and oxygen atoms in total. The van der Waals surface area contributed by atoms with Crippen molar-refractivity contribution in [3.05, 3.63) is 21.3 Å². The fraction of sp³-hybridized carbons (Fsp3) is 0.692. The van der Waals surface area contributed by atoms with Gasteiger partial charge in [0.1, 0.15) is 0 Å². The first kappa shape index (κ1) is 14.3. The Bertz CT molecular complexity index is 382. The van der Waals surface area contributed by atoms with Crippen molar-refractivity contribution in [3.8, 4) is 0 Å². The van der Waals surface area contributed by atoms with Crippen LogP contribution in [0.1, 0.15) is 17.3 Å². The van der Waals surface area contributed by atoms with Crippen LogP contribution in [0, 0.1) is 5.92 Å². The second-order valence-electron chi connectivity index (χ2n) is 5.25. The molecule has 2 rings (SSSR count). The minimum absolute atomic E-state index is 0.299. The molecule has 1 aliphatic rings. The molecule has 0 radical (unpaired) electrons. The Hall–Kier alpha value is -0.130. The molecule has 1 aromatic heterocycles. The summed E-state index contributed by atoms with van der Waals surface area (Å²) in [7, 11) is 4.36. The van der Waals surface area contributed by atoms with E-state index >= 15 is 0 Å². The Labute approximate surface area is 119 Å². The van der Waals surface area contributed by atoms with Gasteiger partial charge in [0.25, 0.3) is 0 Å². The molecule has 1 aliphatic heterocycles. The average Bonchev–Trinajstić information content (AvgIpc) is 2.89. The molecule has 1 saturated heterocycles. The van der Waals surface area contributed by atoms with E-state index in [1.165, 1.54) is 24.4 Å². The zero-order chi connectivity index (χ0) is 13.1. The Morgan fingerprint density at radius 1 is 1.61 bits per heavy atom. The van der Waals surface area contributed by atoms with Gasteiger partial charge >= 0.3 is 0 Å². The fourth-order valence-corrected chi connectivity index (χ4v) is 3.97. The summed E-state index contributed by atoms with van der Waals surface area (Å²) in [5.41, 5.74) is 5.93. The lowest BCUT2D eigenvalue weighted by Gasteiger charge is -2.28. The number of nitrogens with two attached hydrogens (primary N) is 1. The predicted octanol–water partition coefficient (Wildman–Crippen LogP) is 2.28. The summed E-state index contributed by atoms with van der Waals surface area (Å²) in [6.07, 6.45) is 1.29. The molecule has 18 heavy (non-hydrogen) atoms. The van der Waals surface area contributed by atoms with Gasteiger partial charge in [-0.05, 0) is 45.1 Å². The van der Waals surface area contributed by atoms with Crippen LogP contribution in [0.2, 0.25) is 4.34 Å². The van der Waals surface area contributed by atoms with E-state index in [4.69, 9.17) is 17.3 Å². The van der Waals surface area contributed by atoms with Gasteiger partial charge in [0.15, 0.2) is 0 Å². The van der Waals surface area contributed by atoms with Crippen molar-refractivity contribution >= 4 is 22.9 Å². The van der Waals surface area contributed by atoms with Gasteiger partial charge in [0, 0.05) is 24.5 Å². The highest BCUT2D eigenvalue weighted by atomic mass is 35.5. The van der Waals surface area contributed by atoms with Crippen molar-refractivity contribution in [2.45, 2.75) is 12.5 Å². The molecule has 2 unspecified atom stereocenters. The van der Waals surface area contributed by atoms with Crippen molar-refractivity contribution in [2.75, 3.05) is 40.3 Å². The molecule has 2 N–H and O–H groups in total. The first-order valence-corrected chi connectivity index (χ1v) is 7.63. The lowest BCUT2D eigenvalue weighted by atomic mass is 10.1. The van der Waals surface area contributed by atoms with Gasteiger partial charge in [0.2, 0.25) is 0 Å². The number of nitrogens with zero attached hydrogens (tertiary/aromatic N) is 2. The third kappa shape index (κ3) is 3.45. The molecule has 0 aromatic carbocycles. The second-order valence-corrected chi connectivity index (χ2v) is 7.00. The largest absolute Gasteiger partial charge is 0.329 e. The molecule has 0 saturated carbocycles. The predicted molar refractivity (Wildman–Crippen MR) is 79.4 cm³/mol. The number of thiophene rings is 1. The van der Waals surface area contributed by atoms with E-state index in [1.54, 1.807) is 11.3 Å². The number of likely N-dealkylation sites (tertiary alicyclic amines) is 1. The summed E-state index contributed by atoms with van der Waals surface area (Å²) >= 11 is 7.65. The maximum absolute atomic E-state index is 6.01. The second kappa shape index (κ2) is 6.35. The summed E-state index contributed by atoms with van der Waals surface area (Å²) in [6.45, 7) is 4.18. The van der Waals surface area contributed by atoms with Crippen molar-refractivity contribution < 1.29 is 0 Å². The molecule has 0 spiro atoms. The van der Waals surface area contributed by atoms with Crippen molar-refractivity contribution in [3.63, 3.8) is 0 Å². The number of hydrogen-bond donors (Lipinski definition) is 1. The minimum atomic E-state index is 0.299. The topological polar surface area (TPSA) is 32.5 Å².